The number of pyridine rings is 1. The fourth-order valence-corrected chi connectivity index (χ4v) is 5.35. The molecule has 0 aliphatic carbocycles. The Morgan fingerprint density at radius 2 is 1.87 bits per heavy atom. The highest BCUT2D eigenvalue weighted by Crippen LogP contribution is 2.43. The minimum atomic E-state index is -0.903. The van der Waals surface area contributed by atoms with Gasteiger partial charge in [0.25, 0.3) is 0 Å². The number of nitrogens with zero attached hydrogens (tertiary/aromatic N) is 2. The summed E-state index contributed by atoms with van der Waals surface area (Å²) in [7, 11) is 1.49. The topological polar surface area (TPSA) is 75.7 Å². The molecule has 1 fully saturated rings. The number of aromatic nitrogens is 1. The Hall–Kier alpha value is -3.40. The minimum Gasteiger partial charge on any atom is -0.448 e. The summed E-state index contributed by atoms with van der Waals surface area (Å²) in [5.41, 5.74) is 4.93. The van der Waals surface area contributed by atoms with Crippen molar-refractivity contribution in [1.29, 1.82) is 0 Å². The number of likely N-dealkylation sites (tertiary alicyclic amines) is 1. The molecule has 1 amide bonds. The molecule has 200 valence electrons. The van der Waals surface area contributed by atoms with Crippen LogP contribution in [0.3, 0.4) is 0 Å². The molecule has 1 aromatic heterocycles. The highest BCUT2D eigenvalue weighted by atomic mass is 19.2. The zero-order valence-corrected chi connectivity index (χ0v) is 21.4. The molecule has 9 heteroatoms. The number of ether oxygens (including phenoxy) is 2. The fraction of sp³-hybridized carbons (Fsp3) is 0.379. The first-order valence-corrected chi connectivity index (χ1v) is 12.9. The Kier molecular flexibility index (Phi) is 7.97. The van der Waals surface area contributed by atoms with Gasteiger partial charge in [-0.3, -0.25) is 9.88 Å². The van der Waals surface area contributed by atoms with Gasteiger partial charge in [-0.05, 0) is 53.3 Å². The maximum absolute atomic E-state index is 14.0. The summed E-state index contributed by atoms with van der Waals surface area (Å²) in [5, 5.41) is 5.69. The van der Waals surface area contributed by atoms with Crippen molar-refractivity contribution >= 4 is 6.09 Å². The molecule has 0 radical (unpaired) electrons. The highest BCUT2D eigenvalue weighted by molar-refractivity contribution is 5.66. The van der Waals surface area contributed by atoms with Crippen molar-refractivity contribution in [3.63, 3.8) is 0 Å². The Labute approximate surface area is 221 Å². The molecule has 1 unspecified atom stereocenters. The Balaban J connectivity index is 1.23. The van der Waals surface area contributed by atoms with E-state index in [0.717, 1.165) is 44.1 Å². The molecule has 38 heavy (non-hydrogen) atoms. The van der Waals surface area contributed by atoms with E-state index in [4.69, 9.17) is 9.47 Å². The number of hydrogen-bond donors (Lipinski definition) is 2. The van der Waals surface area contributed by atoms with E-state index in [-0.39, 0.29) is 12.2 Å². The van der Waals surface area contributed by atoms with Crippen LogP contribution >= 0.6 is 0 Å². The first kappa shape index (κ1) is 26.2. The number of carbonyl (C=O) groups excluding carboxylic acids is 1. The van der Waals surface area contributed by atoms with Crippen LogP contribution in [0, 0.1) is 11.6 Å². The third-order valence-corrected chi connectivity index (χ3v) is 7.45. The van der Waals surface area contributed by atoms with Crippen LogP contribution in [0.25, 0.3) is 0 Å². The second-order valence-corrected chi connectivity index (χ2v) is 9.78. The van der Waals surface area contributed by atoms with Crippen LogP contribution in [-0.2, 0) is 28.2 Å². The third-order valence-electron chi connectivity index (χ3n) is 7.45. The molecule has 0 bridgehead atoms. The van der Waals surface area contributed by atoms with Gasteiger partial charge in [-0.15, -0.1) is 0 Å². The van der Waals surface area contributed by atoms with E-state index in [0.29, 0.717) is 18.7 Å². The average molecular weight is 523 g/mol. The molecule has 1 atom stereocenters. The number of benzene rings is 2. The number of halogens is 2. The van der Waals surface area contributed by atoms with Crippen LogP contribution in [-0.4, -0.2) is 49.3 Å². The number of alkyl carbamates (subject to hydrolysis) is 1. The molecule has 2 aliphatic rings. The number of carbonyl (C=O) groups is 1. The van der Waals surface area contributed by atoms with Crippen molar-refractivity contribution in [2.75, 3.05) is 33.3 Å². The number of nitrogens with one attached hydrogen (secondary N) is 2. The predicted octanol–water partition coefficient (Wildman–Crippen LogP) is 4.42. The molecule has 1 saturated heterocycles. The molecule has 7 nitrogen and oxygen atoms in total. The smallest absolute Gasteiger partial charge is 0.406 e. The number of fused-ring (bicyclic) bond motifs is 2. The van der Waals surface area contributed by atoms with E-state index < -0.39 is 23.8 Å². The van der Waals surface area contributed by atoms with Crippen molar-refractivity contribution in [2.45, 2.75) is 37.6 Å². The van der Waals surface area contributed by atoms with Crippen LogP contribution < -0.4 is 10.6 Å². The van der Waals surface area contributed by atoms with Gasteiger partial charge in [-0.1, -0.05) is 30.3 Å². The molecular formula is C29H32F2N4O3. The molecule has 2 N–H and O–H groups in total. The van der Waals surface area contributed by atoms with Crippen molar-refractivity contribution in [3.8, 4) is 0 Å². The second-order valence-electron chi connectivity index (χ2n) is 9.78. The largest absolute Gasteiger partial charge is 0.448 e. The van der Waals surface area contributed by atoms with Gasteiger partial charge < -0.3 is 20.1 Å². The predicted molar refractivity (Wildman–Crippen MR) is 138 cm³/mol. The highest BCUT2D eigenvalue weighted by Gasteiger charge is 2.42. The number of piperidine rings is 1. The van der Waals surface area contributed by atoms with Crippen LogP contribution in [0.15, 0.2) is 60.9 Å². The molecule has 2 aliphatic heterocycles. The van der Waals surface area contributed by atoms with Crippen molar-refractivity contribution in [1.82, 2.24) is 20.5 Å². The van der Waals surface area contributed by atoms with Crippen LogP contribution in [0.4, 0.5) is 13.6 Å². The molecule has 5 rings (SSSR count). The maximum Gasteiger partial charge on any atom is 0.406 e. The van der Waals surface area contributed by atoms with Gasteiger partial charge in [0.05, 0.1) is 18.2 Å². The maximum atomic E-state index is 14.0. The van der Waals surface area contributed by atoms with E-state index in [1.54, 1.807) is 6.07 Å². The summed E-state index contributed by atoms with van der Waals surface area (Å²) < 4.78 is 38.9. The van der Waals surface area contributed by atoms with Gasteiger partial charge >= 0.3 is 6.09 Å². The van der Waals surface area contributed by atoms with Gasteiger partial charge in [0.2, 0.25) is 0 Å². The lowest BCUT2D eigenvalue weighted by atomic mass is 9.84. The van der Waals surface area contributed by atoms with E-state index in [1.807, 2.05) is 24.5 Å². The standard InChI is InChI=1S/C29H32F2N4O3/c1-32-28(36)37-15-12-34-27(22-6-7-25(30)26(31)16-22)21-4-2-20(3-5-21)18-35-13-9-29(10-14-35)24-17-33-11-8-23(24)19-38-29/h2-8,11,16-17,27,34H,9-10,12-15,18-19H2,1H3,(H,32,36). The van der Waals surface area contributed by atoms with E-state index in [9.17, 15) is 13.6 Å². The van der Waals surface area contributed by atoms with Gasteiger partial charge in [0.15, 0.2) is 11.6 Å². The minimum absolute atomic E-state index is 0.138. The summed E-state index contributed by atoms with van der Waals surface area (Å²) in [4.78, 5) is 18.1. The molecular weight excluding hydrogens is 490 g/mol. The van der Waals surface area contributed by atoms with Gasteiger partial charge in [0, 0.05) is 51.2 Å². The SMILES string of the molecule is CNC(=O)OCCNC(c1ccc(CN2CCC3(CC2)OCc2ccncc23)cc1)c1ccc(F)c(F)c1. The number of amides is 1. The first-order valence-electron chi connectivity index (χ1n) is 12.9. The summed E-state index contributed by atoms with van der Waals surface area (Å²) >= 11 is 0. The Morgan fingerprint density at radius 1 is 1.11 bits per heavy atom. The zero-order chi connectivity index (χ0) is 26.5. The molecule has 3 heterocycles. The van der Waals surface area contributed by atoms with Crippen molar-refractivity contribution in [3.05, 3.63) is 100 Å². The van der Waals surface area contributed by atoms with E-state index in [2.05, 4.69) is 38.7 Å². The zero-order valence-electron chi connectivity index (χ0n) is 21.4. The first-order chi connectivity index (χ1) is 18.5. The summed E-state index contributed by atoms with van der Waals surface area (Å²) in [6.07, 6.45) is 5.13. The average Bonchev–Trinajstić information content (AvgIpc) is 3.30. The van der Waals surface area contributed by atoms with E-state index in [1.165, 1.54) is 29.8 Å². The summed E-state index contributed by atoms with van der Waals surface area (Å²) in [6.45, 7) is 3.82. The Bertz CT molecular complexity index is 1260. The van der Waals surface area contributed by atoms with Crippen molar-refractivity contribution < 1.29 is 23.0 Å². The summed E-state index contributed by atoms with van der Waals surface area (Å²) in [6, 6.07) is 13.7. The number of hydrogen-bond acceptors (Lipinski definition) is 6. The second kappa shape index (κ2) is 11.6. The third kappa shape index (κ3) is 5.70. The Morgan fingerprint density at radius 3 is 2.61 bits per heavy atom. The molecule has 3 aromatic rings. The van der Waals surface area contributed by atoms with E-state index >= 15 is 0 Å². The lowest BCUT2D eigenvalue weighted by Crippen LogP contribution is -2.42. The van der Waals surface area contributed by atoms with Crippen LogP contribution in [0.1, 0.15) is 46.7 Å². The van der Waals surface area contributed by atoms with Crippen LogP contribution in [0.2, 0.25) is 0 Å². The molecule has 1 spiro atoms. The molecule has 0 saturated carbocycles. The normalized spacial score (nSPS) is 17.2. The quantitative estimate of drug-likeness (QED) is 0.427. The molecule has 2 aromatic carbocycles. The fourth-order valence-electron chi connectivity index (χ4n) is 5.35. The van der Waals surface area contributed by atoms with Crippen LogP contribution in [0.5, 0.6) is 0 Å². The summed E-state index contributed by atoms with van der Waals surface area (Å²) in [5.74, 6) is -1.79. The monoisotopic (exact) mass is 522 g/mol. The van der Waals surface area contributed by atoms with Crippen molar-refractivity contribution in [2.24, 2.45) is 0 Å². The van der Waals surface area contributed by atoms with Gasteiger partial charge in [-0.2, -0.15) is 0 Å². The lowest BCUT2D eigenvalue weighted by molar-refractivity contribution is -0.0800. The van der Waals surface area contributed by atoms with Gasteiger partial charge in [-0.25, -0.2) is 13.6 Å². The number of rotatable bonds is 8. The van der Waals surface area contributed by atoms with Gasteiger partial charge in [0.1, 0.15) is 6.61 Å². The lowest BCUT2D eigenvalue weighted by Gasteiger charge is -2.39.